The quantitative estimate of drug-likeness (QED) is 0.492. The molecule has 0 unspecified atom stereocenters. The van der Waals surface area contributed by atoms with Crippen LogP contribution >= 0.6 is 0 Å². The summed E-state index contributed by atoms with van der Waals surface area (Å²) >= 11 is 0. The molecule has 1 heterocycles. The molecule has 0 amide bonds. The van der Waals surface area contributed by atoms with E-state index >= 15 is 0 Å². The summed E-state index contributed by atoms with van der Waals surface area (Å²) in [5.41, 5.74) is 0.795. The normalized spacial score (nSPS) is 16.1. The average molecular weight is 279 g/mol. The van der Waals surface area contributed by atoms with Crippen LogP contribution in [0, 0.1) is 17.0 Å². The lowest BCUT2D eigenvalue weighted by Crippen LogP contribution is -2.21. The van der Waals surface area contributed by atoms with E-state index in [1.807, 2.05) is 0 Å². The topological polar surface area (TPSA) is 77.3 Å². The van der Waals surface area contributed by atoms with Gasteiger partial charge in [0.25, 0.3) is 0 Å². The number of hydrogen-bond donors (Lipinski definition) is 1. The molecule has 0 aliphatic heterocycles. The SMILES string of the molecule is Cc1cnc(NCCOC2CCCCC2)c([N+](=O)[O-])c1. The predicted molar refractivity (Wildman–Crippen MR) is 76.9 cm³/mol. The Morgan fingerprint density at radius 3 is 2.90 bits per heavy atom. The fraction of sp³-hybridized carbons (Fsp3) is 0.643. The molecule has 110 valence electrons. The number of aromatic nitrogens is 1. The van der Waals surface area contributed by atoms with Gasteiger partial charge in [-0.3, -0.25) is 10.1 Å². The van der Waals surface area contributed by atoms with Crippen LogP contribution in [0.3, 0.4) is 0 Å². The molecule has 0 saturated heterocycles. The van der Waals surface area contributed by atoms with Gasteiger partial charge in [-0.1, -0.05) is 19.3 Å². The lowest BCUT2D eigenvalue weighted by molar-refractivity contribution is -0.384. The second kappa shape index (κ2) is 7.19. The van der Waals surface area contributed by atoms with Crippen LogP contribution in [0.4, 0.5) is 11.5 Å². The van der Waals surface area contributed by atoms with Gasteiger partial charge in [-0.05, 0) is 25.3 Å². The lowest BCUT2D eigenvalue weighted by atomic mass is 9.98. The summed E-state index contributed by atoms with van der Waals surface area (Å²) < 4.78 is 5.77. The van der Waals surface area contributed by atoms with Crippen molar-refractivity contribution in [1.82, 2.24) is 4.98 Å². The molecule has 1 fully saturated rings. The highest BCUT2D eigenvalue weighted by atomic mass is 16.6. The van der Waals surface area contributed by atoms with E-state index in [2.05, 4.69) is 10.3 Å². The van der Waals surface area contributed by atoms with Crippen molar-refractivity contribution in [2.75, 3.05) is 18.5 Å². The van der Waals surface area contributed by atoms with Crippen LogP contribution in [0.5, 0.6) is 0 Å². The Bertz CT molecular complexity index is 459. The third-order valence-corrected chi connectivity index (χ3v) is 3.50. The molecule has 1 aromatic heterocycles. The van der Waals surface area contributed by atoms with Crippen molar-refractivity contribution in [2.24, 2.45) is 0 Å². The summed E-state index contributed by atoms with van der Waals surface area (Å²) in [6.07, 6.45) is 8.01. The molecule has 1 aromatic rings. The Balaban J connectivity index is 1.80. The van der Waals surface area contributed by atoms with Crippen LogP contribution in [-0.4, -0.2) is 29.2 Å². The van der Waals surface area contributed by atoms with Crippen molar-refractivity contribution in [1.29, 1.82) is 0 Å². The first-order chi connectivity index (χ1) is 9.66. The molecular formula is C14H21N3O3. The first-order valence-corrected chi connectivity index (χ1v) is 7.13. The van der Waals surface area contributed by atoms with Crippen molar-refractivity contribution in [3.8, 4) is 0 Å². The summed E-state index contributed by atoms with van der Waals surface area (Å²) in [7, 11) is 0. The van der Waals surface area contributed by atoms with E-state index in [0.717, 1.165) is 18.4 Å². The van der Waals surface area contributed by atoms with Gasteiger partial charge >= 0.3 is 5.69 Å². The first kappa shape index (κ1) is 14.7. The monoisotopic (exact) mass is 279 g/mol. The number of nitro groups is 1. The fourth-order valence-corrected chi connectivity index (χ4v) is 2.46. The zero-order valence-electron chi connectivity index (χ0n) is 11.8. The van der Waals surface area contributed by atoms with E-state index in [0.29, 0.717) is 25.1 Å². The summed E-state index contributed by atoms with van der Waals surface area (Å²) in [5, 5.41) is 13.9. The molecule has 6 nitrogen and oxygen atoms in total. The van der Waals surface area contributed by atoms with Crippen LogP contribution < -0.4 is 5.32 Å². The smallest absolute Gasteiger partial charge is 0.311 e. The van der Waals surface area contributed by atoms with Crippen LogP contribution in [0.25, 0.3) is 0 Å². The van der Waals surface area contributed by atoms with Crippen molar-refractivity contribution in [3.05, 3.63) is 27.9 Å². The van der Waals surface area contributed by atoms with Crippen LogP contribution in [-0.2, 0) is 4.74 Å². The first-order valence-electron chi connectivity index (χ1n) is 7.13. The Morgan fingerprint density at radius 1 is 1.45 bits per heavy atom. The number of pyridine rings is 1. The molecule has 0 aromatic carbocycles. The lowest BCUT2D eigenvalue weighted by Gasteiger charge is -2.22. The highest BCUT2D eigenvalue weighted by Gasteiger charge is 2.16. The molecule has 1 N–H and O–H groups in total. The Kier molecular flexibility index (Phi) is 5.29. The van der Waals surface area contributed by atoms with E-state index in [9.17, 15) is 10.1 Å². The third kappa shape index (κ3) is 4.16. The van der Waals surface area contributed by atoms with Gasteiger partial charge in [-0.2, -0.15) is 0 Å². The number of nitrogens with zero attached hydrogens (tertiary/aromatic N) is 2. The molecule has 1 saturated carbocycles. The minimum Gasteiger partial charge on any atom is -0.376 e. The summed E-state index contributed by atoms with van der Waals surface area (Å²) in [4.78, 5) is 14.6. The maximum Gasteiger partial charge on any atom is 0.311 e. The van der Waals surface area contributed by atoms with Gasteiger partial charge < -0.3 is 10.1 Å². The number of anilines is 1. The number of rotatable bonds is 6. The Labute approximate surface area is 118 Å². The van der Waals surface area contributed by atoms with Crippen LogP contribution in [0.1, 0.15) is 37.7 Å². The second-order valence-corrected chi connectivity index (χ2v) is 5.20. The minimum absolute atomic E-state index is 0.0164. The third-order valence-electron chi connectivity index (χ3n) is 3.50. The number of nitrogens with one attached hydrogen (secondary N) is 1. The molecule has 6 heteroatoms. The molecule has 0 atom stereocenters. The highest BCUT2D eigenvalue weighted by molar-refractivity contribution is 5.56. The van der Waals surface area contributed by atoms with E-state index in [-0.39, 0.29) is 5.69 Å². The van der Waals surface area contributed by atoms with Crippen molar-refractivity contribution in [3.63, 3.8) is 0 Å². The van der Waals surface area contributed by atoms with Gasteiger partial charge in [-0.15, -0.1) is 0 Å². The van der Waals surface area contributed by atoms with Crippen molar-refractivity contribution >= 4 is 11.5 Å². The van der Waals surface area contributed by atoms with Gasteiger partial charge in [0.05, 0.1) is 17.6 Å². The molecule has 0 radical (unpaired) electrons. The molecule has 1 aliphatic rings. The molecule has 0 bridgehead atoms. The zero-order valence-corrected chi connectivity index (χ0v) is 11.8. The number of ether oxygens (including phenoxy) is 1. The molecule has 20 heavy (non-hydrogen) atoms. The molecular weight excluding hydrogens is 258 g/mol. The van der Waals surface area contributed by atoms with Gasteiger partial charge in [0.2, 0.25) is 5.82 Å². The molecule has 1 aliphatic carbocycles. The van der Waals surface area contributed by atoms with Crippen molar-refractivity contribution in [2.45, 2.75) is 45.1 Å². The van der Waals surface area contributed by atoms with Gasteiger partial charge in [0.1, 0.15) is 0 Å². The average Bonchev–Trinajstić information content (AvgIpc) is 2.45. The summed E-state index contributed by atoms with van der Waals surface area (Å²) in [6.45, 7) is 2.88. The number of aryl methyl sites for hydroxylation is 1. The molecule has 2 rings (SSSR count). The Hall–Kier alpha value is -1.69. The summed E-state index contributed by atoms with van der Waals surface area (Å²) in [6, 6.07) is 1.53. The van der Waals surface area contributed by atoms with Gasteiger partial charge in [0, 0.05) is 18.8 Å². The van der Waals surface area contributed by atoms with E-state index in [1.54, 1.807) is 13.1 Å². The maximum absolute atomic E-state index is 10.9. The van der Waals surface area contributed by atoms with E-state index in [4.69, 9.17) is 4.74 Å². The van der Waals surface area contributed by atoms with Crippen LogP contribution in [0.15, 0.2) is 12.3 Å². The van der Waals surface area contributed by atoms with Crippen LogP contribution in [0.2, 0.25) is 0 Å². The van der Waals surface area contributed by atoms with Gasteiger partial charge in [-0.25, -0.2) is 4.98 Å². The van der Waals surface area contributed by atoms with E-state index < -0.39 is 4.92 Å². The second-order valence-electron chi connectivity index (χ2n) is 5.20. The van der Waals surface area contributed by atoms with E-state index in [1.165, 1.54) is 25.3 Å². The Morgan fingerprint density at radius 2 is 2.20 bits per heavy atom. The predicted octanol–water partition coefficient (Wildman–Crippen LogP) is 3.06. The number of hydrogen-bond acceptors (Lipinski definition) is 5. The standard InChI is InChI=1S/C14H21N3O3/c1-11-9-13(17(18)19)14(16-10-11)15-7-8-20-12-5-3-2-4-6-12/h9-10,12H,2-8H2,1H3,(H,15,16). The molecule has 0 spiro atoms. The fourth-order valence-electron chi connectivity index (χ4n) is 2.46. The van der Waals surface area contributed by atoms with Gasteiger partial charge in [0.15, 0.2) is 0 Å². The summed E-state index contributed by atoms with van der Waals surface area (Å²) in [5.74, 6) is 0.313. The minimum atomic E-state index is -0.412. The largest absolute Gasteiger partial charge is 0.376 e. The highest BCUT2D eigenvalue weighted by Crippen LogP contribution is 2.22. The van der Waals surface area contributed by atoms with Crippen molar-refractivity contribution < 1.29 is 9.66 Å². The maximum atomic E-state index is 10.9. The zero-order chi connectivity index (χ0) is 14.4.